The molecular formula is C15H20N4O. The molecule has 0 fully saturated rings. The molecule has 2 rings (SSSR count). The predicted octanol–water partition coefficient (Wildman–Crippen LogP) is 1.85. The first kappa shape index (κ1) is 14.4. The molecule has 0 amide bonds. The number of nitrogens with zero attached hydrogens (tertiary/aromatic N) is 2. The third-order valence-corrected chi connectivity index (χ3v) is 3.33. The lowest BCUT2D eigenvalue weighted by atomic mass is 9.97. The smallest absolute Gasteiger partial charge is 0.122 e. The van der Waals surface area contributed by atoms with Crippen molar-refractivity contribution in [1.29, 1.82) is 0 Å². The average molecular weight is 272 g/mol. The zero-order valence-electron chi connectivity index (χ0n) is 12.1. The first-order chi connectivity index (χ1) is 9.65. The van der Waals surface area contributed by atoms with Crippen molar-refractivity contribution in [1.82, 2.24) is 15.6 Å². The normalized spacial score (nSPS) is 12.2. The number of aromatic nitrogens is 2. The Balaban J connectivity index is 2.31. The molecule has 1 aromatic heterocycles. The molecule has 20 heavy (non-hydrogen) atoms. The van der Waals surface area contributed by atoms with Gasteiger partial charge < -0.3 is 4.74 Å². The van der Waals surface area contributed by atoms with E-state index in [0.717, 1.165) is 34.7 Å². The lowest BCUT2D eigenvalue weighted by molar-refractivity contribution is 0.405. The van der Waals surface area contributed by atoms with E-state index in [1.54, 1.807) is 7.11 Å². The van der Waals surface area contributed by atoms with Crippen molar-refractivity contribution in [3.05, 3.63) is 52.8 Å². The van der Waals surface area contributed by atoms with Gasteiger partial charge in [0.1, 0.15) is 5.75 Å². The van der Waals surface area contributed by atoms with E-state index in [0.29, 0.717) is 0 Å². The maximum Gasteiger partial charge on any atom is 0.122 e. The van der Waals surface area contributed by atoms with Gasteiger partial charge in [0.05, 0.1) is 24.5 Å². The number of nitrogens with one attached hydrogen (secondary N) is 1. The first-order valence-corrected chi connectivity index (χ1v) is 6.54. The van der Waals surface area contributed by atoms with Crippen LogP contribution in [0.1, 0.15) is 28.6 Å². The summed E-state index contributed by atoms with van der Waals surface area (Å²) >= 11 is 0. The molecule has 2 aromatic rings. The number of hydrazine groups is 1. The highest BCUT2D eigenvalue weighted by Gasteiger charge is 2.16. The second-order valence-electron chi connectivity index (χ2n) is 4.76. The third-order valence-electron chi connectivity index (χ3n) is 3.33. The predicted molar refractivity (Wildman–Crippen MR) is 78.3 cm³/mol. The van der Waals surface area contributed by atoms with Gasteiger partial charge in [0.2, 0.25) is 0 Å². The Bertz CT molecular complexity index is 586. The molecule has 106 valence electrons. The second kappa shape index (κ2) is 6.45. The van der Waals surface area contributed by atoms with Crippen molar-refractivity contribution >= 4 is 0 Å². The lowest BCUT2D eigenvalue weighted by Gasteiger charge is -2.19. The molecule has 1 heterocycles. The van der Waals surface area contributed by atoms with E-state index >= 15 is 0 Å². The fourth-order valence-corrected chi connectivity index (χ4v) is 2.27. The van der Waals surface area contributed by atoms with E-state index in [1.165, 1.54) is 0 Å². The molecule has 0 radical (unpaired) electrons. The van der Waals surface area contributed by atoms with Crippen molar-refractivity contribution in [3.8, 4) is 5.75 Å². The highest BCUT2D eigenvalue weighted by Crippen LogP contribution is 2.25. The molecule has 0 aliphatic carbocycles. The largest absolute Gasteiger partial charge is 0.496 e. The summed E-state index contributed by atoms with van der Waals surface area (Å²) in [6.07, 6.45) is 0.729. The van der Waals surface area contributed by atoms with Crippen molar-refractivity contribution in [2.45, 2.75) is 26.3 Å². The van der Waals surface area contributed by atoms with E-state index < -0.39 is 0 Å². The number of rotatable bonds is 5. The van der Waals surface area contributed by atoms with Gasteiger partial charge >= 0.3 is 0 Å². The Morgan fingerprint density at radius 3 is 2.70 bits per heavy atom. The zero-order chi connectivity index (χ0) is 14.5. The lowest BCUT2D eigenvalue weighted by Crippen LogP contribution is -2.30. The van der Waals surface area contributed by atoms with Crippen LogP contribution < -0.4 is 16.0 Å². The number of ether oxygens (including phenoxy) is 1. The van der Waals surface area contributed by atoms with Crippen LogP contribution in [0.25, 0.3) is 0 Å². The Hall–Kier alpha value is -1.98. The van der Waals surface area contributed by atoms with Crippen LogP contribution in [0.2, 0.25) is 0 Å². The van der Waals surface area contributed by atoms with Gasteiger partial charge in [0.15, 0.2) is 0 Å². The molecule has 0 aliphatic heterocycles. The zero-order valence-corrected chi connectivity index (χ0v) is 12.1. The minimum absolute atomic E-state index is 0.0273. The van der Waals surface area contributed by atoms with Crippen LogP contribution in [0.4, 0.5) is 0 Å². The summed E-state index contributed by atoms with van der Waals surface area (Å²) in [6.45, 7) is 3.86. The van der Waals surface area contributed by atoms with E-state index in [4.69, 9.17) is 10.6 Å². The van der Waals surface area contributed by atoms with Crippen molar-refractivity contribution in [3.63, 3.8) is 0 Å². The molecule has 0 bridgehead atoms. The van der Waals surface area contributed by atoms with Gasteiger partial charge in [0.25, 0.3) is 0 Å². The van der Waals surface area contributed by atoms with Crippen LogP contribution in [0.5, 0.6) is 5.75 Å². The van der Waals surface area contributed by atoms with Gasteiger partial charge in [-0.1, -0.05) is 18.2 Å². The van der Waals surface area contributed by atoms with E-state index in [1.807, 2.05) is 44.2 Å². The van der Waals surface area contributed by atoms with E-state index in [-0.39, 0.29) is 6.04 Å². The summed E-state index contributed by atoms with van der Waals surface area (Å²) in [7, 11) is 1.67. The van der Waals surface area contributed by atoms with E-state index in [2.05, 4.69) is 15.6 Å². The number of para-hydroxylation sites is 1. The highest BCUT2D eigenvalue weighted by molar-refractivity contribution is 5.35. The minimum atomic E-state index is -0.0273. The standard InChI is InChI=1S/C15H20N4O/c1-10-8-13(11(2)19-18-10)14(17-16)9-12-6-4-5-7-15(12)20-3/h4-8,14,17H,9,16H2,1-3H3. The minimum Gasteiger partial charge on any atom is -0.496 e. The highest BCUT2D eigenvalue weighted by atomic mass is 16.5. The molecule has 1 aromatic carbocycles. The molecule has 0 saturated heterocycles. The summed E-state index contributed by atoms with van der Waals surface area (Å²) in [6, 6.07) is 9.93. The van der Waals surface area contributed by atoms with Crippen LogP contribution >= 0.6 is 0 Å². The maximum atomic E-state index is 5.72. The van der Waals surface area contributed by atoms with Gasteiger partial charge in [-0.2, -0.15) is 10.2 Å². The Morgan fingerprint density at radius 2 is 2.00 bits per heavy atom. The Morgan fingerprint density at radius 1 is 1.25 bits per heavy atom. The van der Waals surface area contributed by atoms with Crippen molar-refractivity contribution in [2.75, 3.05) is 7.11 Å². The quantitative estimate of drug-likeness (QED) is 0.642. The van der Waals surface area contributed by atoms with Gasteiger partial charge in [0, 0.05) is 0 Å². The Labute approximate surface area is 119 Å². The molecule has 5 heteroatoms. The monoisotopic (exact) mass is 272 g/mol. The Kier molecular flexibility index (Phi) is 4.65. The molecular weight excluding hydrogens is 252 g/mol. The third kappa shape index (κ3) is 3.12. The van der Waals surface area contributed by atoms with Crippen LogP contribution in [-0.4, -0.2) is 17.3 Å². The van der Waals surface area contributed by atoms with Crippen LogP contribution in [-0.2, 0) is 6.42 Å². The summed E-state index contributed by atoms with van der Waals surface area (Å²) in [4.78, 5) is 0. The van der Waals surface area contributed by atoms with Crippen LogP contribution in [0.15, 0.2) is 30.3 Å². The number of nitrogens with two attached hydrogens (primary N) is 1. The summed E-state index contributed by atoms with van der Waals surface area (Å²) in [5, 5.41) is 8.21. The number of methoxy groups -OCH3 is 1. The fraction of sp³-hybridized carbons (Fsp3) is 0.333. The number of hydrogen-bond donors (Lipinski definition) is 2. The number of aryl methyl sites for hydroxylation is 2. The van der Waals surface area contributed by atoms with Gasteiger partial charge in [-0.25, -0.2) is 0 Å². The summed E-state index contributed by atoms with van der Waals surface area (Å²) in [5.41, 5.74) is 6.79. The number of hydrogen-bond acceptors (Lipinski definition) is 5. The first-order valence-electron chi connectivity index (χ1n) is 6.54. The molecule has 1 atom stereocenters. The topological polar surface area (TPSA) is 73.1 Å². The van der Waals surface area contributed by atoms with Crippen molar-refractivity contribution in [2.24, 2.45) is 5.84 Å². The van der Waals surface area contributed by atoms with Gasteiger partial charge in [-0.3, -0.25) is 11.3 Å². The second-order valence-corrected chi connectivity index (χ2v) is 4.76. The SMILES string of the molecule is COc1ccccc1CC(NN)c1cc(C)nnc1C. The summed E-state index contributed by atoms with van der Waals surface area (Å²) < 4.78 is 5.38. The molecule has 0 aliphatic rings. The maximum absolute atomic E-state index is 5.72. The van der Waals surface area contributed by atoms with Crippen LogP contribution in [0.3, 0.4) is 0 Å². The number of benzene rings is 1. The molecule has 0 spiro atoms. The molecule has 3 N–H and O–H groups in total. The molecule has 5 nitrogen and oxygen atoms in total. The fourth-order valence-electron chi connectivity index (χ4n) is 2.27. The van der Waals surface area contributed by atoms with E-state index in [9.17, 15) is 0 Å². The van der Waals surface area contributed by atoms with Crippen LogP contribution in [0, 0.1) is 13.8 Å². The summed E-state index contributed by atoms with van der Waals surface area (Å²) in [5.74, 6) is 6.59. The molecule has 0 saturated carbocycles. The van der Waals surface area contributed by atoms with Gasteiger partial charge in [-0.05, 0) is 43.5 Å². The van der Waals surface area contributed by atoms with Gasteiger partial charge in [-0.15, -0.1) is 0 Å². The molecule has 1 unspecified atom stereocenters. The average Bonchev–Trinajstić information content (AvgIpc) is 2.48. The van der Waals surface area contributed by atoms with Crippen molar-refractivity contribution < 1.29 is 4.74 Å².